The fraction of sp³-hybridized carbons (Fsp3) is 0.333. The SMILES string of the molecule is CCCCn1cnc2c1c(=O)n(CC(=O)Nc1ccc3c(c1)CCC3)c(=O)n2Cc1ccccc1. The number of unbranched alkanes of at least 4 members (excludes halogenated alkanes) is 1. The van der Waals surface area contributed by atoms with Crippen LogP contribution in [0.15, 0.2) is 64.4 Å². The van der Waals surface area contributed by atoms with Crippen LogP contribution in [0.2, 0.25) is 0 Å². The number of rotatable bonds is 8. The molecule has 2 heterocycles. The van der Waals surface area contributed by atoms with Gasteiger partial charge in [0.05, 0.1) is 12.9 Å². The molecule has 0 fully saturated rings. The third-order valence-corrected chi connectivity index (χ3v) is 6.60. The Kier molecular flexibility index (Phi) is 6.35. The summed E-state index contributed by atoms with van der Waals surface area (Å²) in [5, 5.41) is 2.87. The molecule has 0 spiro atoms. The van der Waals surface area contributed by atoms with Gasteiger partial charge in [0.15, 0.2) is 11.2 Å². The monoisotopic (exact) mass is 471 g/mol. The minimum atomic E-state index is -0.545. The van der Waals surface area contributed by atoms with Crippen molar-refractivity contribution < 1.29 is 4.79 Å². The van der Waals surface area contributed by atoms with Crippen LogP contribution in [0.5, 0.6) is 0 Å². The molecule has 8 heteroatoms. The molecule has 1 N–H and O–H groups in total. The highest BCUT2D eigenvalue weighted by atomic mass is 16.2. The van der Waals surface area contributed by atoms with Crippen LogP contribution in [0.3, 0.4) is 0 Å². The Morgan fingerprint density at radius 2 is 1.83 bits per heavy atom. The average Bonchev–Trinajstić information content (AvgIpc) is 3.50. The van der Waals surface area contributed by atoms with Crippen LogP contribution in [0.25, 0.3) is 11.2 Å². The maximum atomic E-state index is 13.5. The van der Waals surface area contributed by atoms with Crippen LogP contribution in [0.1, 0.15) is 42.9 Å². The Labute approximate surface area is 202 Å². The predicted octanol–water partition coefficient (Wildman–Crippen LogP) is 3.34. The fourth-order valence-corrected chi connectivity index (χ4v) is 4.78. The quantitative estimate of drug-likeness (QED) is 0.427. The molecule has 2 aromatic carbocycles. The minimum absolute atomic E-state index is 0.258. The average molecular weight is 472 g/mol. The number of aromatic nitrogens is 4. The summed E-state index contributed by atoms with van der Waals surface area (Å²) in [6.45, 7) is 2.59. The standard InChI is InChI=1S/C27H29N5O3/c1-2-3-14-30-18-28-25-24(30)26(34)32(27(35)31(25)16-19-8-5-4-6-9-19)17-23(33)29-22-13-12-20-10-7-11-21(20)15-22/h4-6,8-9,12-13,15,18H,2-3,7,10-11,14,16-17H2,1H3,(H,29,33). The van der Waals surface area contributed by atoms with Gasteiger partial charge < -0.3 is 9.88 Å². The fourth-order valence-electron chi connectivity index (χ4n) is 4.78. The Balaban J connectivity index is 1.52. The van der Waals surface area contributed by atoms with Crippen LogP contribution in [-0.2, 0) is 37.3 Å². The highest BCUT2D eigenvalue weighted by Gasteiger charge is 2.20. The first-order valence-electron chi connectivity index (χ1n) is 12.2. The van der Waals surface area contributed by atoms with E-state index in [-0.39, 0.29) is 13.1 Å². The van der Waals surface area contributed by atoms with Gasteiger partial charge in [0, 0.05) is 12.2 Å². The number of carbonyl (C=O) groups is 1. The third kappa shape index (κ3) is 4.56. The third-order valence-electron chi connectivity index (χ3n) is 6.60. The lowest BCUT2D eigenvalue weighted by atomic mass is 10.1. The zero-order chi connectivity index (χ0) is 24.4. The summed E-state index contributed by atoms with van der Waals surface area (Å²) in [5.41, 5.74) is 3.80. The van der Waals surface area contributed by atoms with Crippen molar-refractivity contribution in [1.82, 2.24) is 18.7 Å². The number of hydrogen-bond acceptors (Lipinski definition) is 4. The van der Waals surface area contributed by atoms with E-state index in [0.717, 1.165) is 42.2 Å². The highest BCUT2D eigenvalue weighted by molar-refractivity contribution is 5.90. The number of aryl methyl sites for hydroxylation is 3. The number of nitrogens with zero attached hydrogens (tertiary/aromatic N) is 4. The molecule has 0 bridgehead atoms. The summed E-state index contributed by atoms with van der Waals surface area (Å²) < 4.78 is 4.30. The van der Waals surface area contributed by atoms with Gasteiger partial charge in [-0.2, -0.15) is 0 Å². The van der Waals surface area contributed by atoms with Crippen LogP contribution < -0.4 is 16.6 Å². The van der Waals surface area contributed by atoms with Gasteiger partial charge in [0.1, 0.15) is 6.54 Å². The number of fused-ring (bicyclic) bond motifs is 2. The van der Waals surface area contributed by atoms with Crippen LogP contribution in [0, 0.1) is 0 Å². The normalized spacial score (nSPS) is 12.7. The lowest BCUT2D eigenvalue weighted by Crippen LogP contribution is -2.43. The second-order valence-corrected chi connectivity index (χ2v) is 9.09. The molecule has 35 heavy (non-hydrogen) atoms. The highest BCUT2D eigenvalue weighted by Crippen LogP contribution is 2.24. The predicted molar refractivity (Wildman–Crippen MR) is 136 cm³/mol. The van der Waals surface area contributed by atoms with E-state index < -0.39 is 17.2 Å². The number of anilines is 1. The molecule has 4 aromatic rings. The summed E-state index contributed by atoms with van der Waals surface area (Å²) in [5.74, 6) is -0.410. The molecule has 2 aromatic heterocycles. The summed E-state index contributed by atoms with van der Waals surface area (Å²) in [7, 11) is 0. The molecule has 0 atom stereocenters. The van der Waals surface area contributed by atoms with Gasteiger partial charge in [0.25, 0.3) is 5.56 Å². The molecule has 0 aliphatic heterocycles. The smallest absolute Gasteiger partial charge is 0.325 e. The number of hydrogen-bond donors (Lipinski definition) is 1. The van der Waals surface area contributed by atoms with E-state index in [1.165, 1.54) is 15.7 Å². The van der Waals surface area contributed by atoms with Crippen molar-refractivity contribution in [2.75, 3.05) is 5.32 Å². The molecule has 1 aliphatic carbocycles. The van der Waals surface area contributed by atoms with E-state index in [4.69, 9.17) is 0 Å². The topological polar surface area (TPSA) is 90.9 Å². The van der Waals surface area contributed by atoms with E-state index >= 15 is 0 Å². The van der Waals surface area contributed by atoms with Crippen molar-refractivity contribution in [3.05, 3.63) is 92.4 Å². The number of amides is 1. The first kappa shape index (κ1) is 22.8. The molecule has 1 aliphatic rings. The molecule has 0 saturated carbocycles. The van der Waals surface area contributed by atoms with Crippen LogP contribution >= 0.6 is 0 Å². The molecule has 0 unspecified atom stereocenters. The van der Waals surface area contributed by atoms with Crippen molar-refractivity contribution in [2.24, 2.45) is 0 Å². The van der Waals surface area contributed by atoms with Crippen molar-refractivity contribution in [3.8, 4) is 0 Å². The number of benzene rings is 2. The Morgan fingerprint density at radius 3 is 2.63 bits per heavy atom. The van der Waals surface area contributed by atoms with Crippen molar-refractivity contribution in [3.63, 3.8) is 0 Å². The molecule has 180 valence electrons. The largest absolute Gasteiger partial charge is 0.333 e. The van der Waals surface area contributed by atoms with E-state index in [0.29, 0.717) is 23.4 Å². The van der Waals surface area contributed by atoms with E-state index in [1.54, 1.807) is 10.9 Å². The summed E-state index contributed by atoms with van der Waals surface area (Å²) in [4.78, 5) is 44.3. The summed E-state index contributed by atoms with van der Waals surface area (Å²) in [6.07, 6.45) is 6.63. The van der Waals surface area contributed by atoms with Crippen LogP contribution in [0.4, 0.5) is 5.69 Å². The molecule has 8 nitrogen and oxygen atoms in total. The zero-order valence-corrected chi connectivity index (χ0v) is 19.9. The van der Waals surface area contributed by atoms with E-state index in [1.807, 2.05) is 48.5 Å². The molecule has 5 rings (SSSR count). The maximum Gasteiger partial charge on any atom is 0.333 e. The Bertz CT molecular complexity index is 1500. The zero-order valence-electron chi connectivity index (χ0n) is 19.9. The molecular formula is C27H29N5O3. The van der Waals surface area contributed by atoms with Crippen molar-refractivity contribution >= 4 is 22.8 Å². The maximum absolute atomic E-state index is 13.5. The number of nitrogens with one attached hydrogen (secondary N) is 1. The molecule has 1 amide bonds. The van der Waals surface area contributed by atoms with Crippen LogP contribution in [-0.4, -0.2) is 24.6 Å². The van der Waals surface area contributed by atoms with Crippen molar-refractivity contribution in [2.45, 2.75) is 58.7 Å². The second-order valence-electron chi connectivity index (χ2n) is 9.09. The molecule has 0 radical (unpaired) electrons. The van der Waals surface area contributed by atoms with Gasteiger partial charge in [0.2, 0.25) is 5.91 Å². The molecule has 0 saturated heterocycles. The summed E-state index contributed by atoms with van der Waals surface area (Å²) in [6, 6.07) is 15.4. The van der Waals surface area contributed by atoms with Gasteiger partial charge in [-0.1, -0.05) is 49.7 Å². The van der Waals surface area contributed by atoms with Gasteiger partial charge in [-0.05, 0) is 54.5 Å². The number of imidazole rings is 1. The van der Waals surface area contributed by atoms with Gasteiger partial charge >= 0.3 is 5.69 Å². The first-order chi connectivity index (χ1) is 17.0. The Morgan fingerprint density at radius 1 is 1.03 bits per heavy atom. The summed E-state index contributed by atoms with van der Waals surface area (Å²) >= 11 is 0. The van der Waals surface area contributed by atoms with Gasteiger partial charge in [-0.3, -0.25) is 14.2 Å². The van der Waals surface area contributed by atoms with E-state index in [2.05, 4.69) is 17.2 Å². The number of carbonyl (C=O) groups excluding carboxylic acids is 1. The second kappa shape index (κ2) is 9.74. The minimum Gasteiger partial charge on any atom is -0.325 e. The van der Waals surface area contributed by atoms with E-state index in [9.17, 15) is 14.4 Å². The lowest BCUT2D eigenvalue weighted by Gasteiger charge is -2.13. The first-order valence-corrected chi connectivity index (χ1v) is 12.2. The molecular weight excluding hydrogens is 442 g/mol. The van der Waals surface area contributed by atoms with Crippen molar-refractivity contribution in [1.29, 1.82) is 0 Å². The van der Waals surface area contributed by atoms with Gasteiger partial charge in [-0.25, -0.2) is 14.3 Å². The van der Waals surface area contributed by atoms with Gasteiger partial charge in [-0.15, -0.1) is 0 Å². The lowest BCUT2D eigenvalue weighted by molar-refractivity contribution is -0.116. The Hall–Kier alpha value is -3.94.